The highest BCUT2D eigenvalue weighted by Crippen LogP contribution is 2.36. The van der Waals surface area contributed by atoms with Crippen molar-refractivity contribution in [1.82, 2.24) is 10.7 Å². The Balaban J connectivity index is 2.10. The van der Waals surface area contributed by atoms with Crippen molar-refractivity contribution in [2.75, 3.05) is 13.7 Å². The number of terminal acetylenes is 1. The maximum absolute atomic E-state index is 12.7. The van der Waals surface area contributed by atoms with Crippen LogP contribution in [0.2, 0.25) is 5.02 Å². The van der Waals surface area contributed by atoms with Gasteiger partial charge in [0, 0.05) is 10.6 Å². The lowest BCUT2D eigenvalue weighted by molar-refractivity contribution is -0.123. The standard InChI is InChI=1S/C24H25BrClN3O4/c1-5-10-33-22-19(25)12-16(13-21(22)32-4)14-27-29-24(31)20(11-15(2)3)28-23(30)17-6-8-18(26)9-7-17/h1,6-9,12-15,20H,10-11H2,2-4H3,(H,28,30)(H,29,31)/b27-14+. The molecule has 0 heterocycles. The molecule has 9 heteroatoms. The summed E-state index contributed by atoms with van der Waals surface area (Å²) in [4.78, 5) is 25.3. The van der Waals surface area contributed by atoms with Crippen LogP contribution in [0, 0.1) is 18.3 Å². The third-order valence-electron chi connectivity index (χ3n) is 4.38. The summed E-state index contributed by atoms with van der Waals surface area (Å²) in [5.74, 6) is 2.70. The van der Waals surface area contributed by atoms with E-state index in [0.29, 0.717) is 38.5 Å². The van der Waals surface area contributed by atoms with Gasteiger partial charge in [-0.05, 0) is 70.2 Å². The Bertz CT molecular complexity index is 1050. The Labute approximate surface area is 207 Å². The fourth-order valence-electron chi connectivity index (χ4n) is 2.86. The van der Waals surface area contributed by atoms with Gasteiger partial charge in [-0.2, -0.15) is 5.10 Å². The fourth-order valence-corrected chi connectivity index (χ4v) is 3.56. The van der Waals surface area contributed by atoms with E-state index >= 15 is 0 Å². The third kappa shape index (κ3) is 8.12. The number of hydrazone groups is 1. The number of methoxy groups -OCH3 is 1. The number of rotatable bonds is 10. The zero-order valence-corrected chi connectivity index (χ0v) is 20.9. The van der Waals surface area contributed by atoms with Crippen LogP contribution in [0.1, 0.15) is 36.2 Å². The summed E-state index contributed by atoms with van der Waals surface area (Å²) in [7, 11) is 1.51. The minimum Gasteiger partial charge on any atom is -0.493 e. The number of hydrogen-bond acceptors (Lipinski definition) is 5. The smallest absolute Gasteiger partial charge is 0.262 e. The molecule has 7 nitrogen and oxygen atoms in total. The van der Waals surface area contributed by atoms with E-state index in [1.807, 2.05) is 13.8 Å². The van der Waals surface area contributed by atoms with Gasteiger partial charge < -0.3 is 14.8 Å². The number of amides is 2. The largest absolute Gasteiger partial charge is 0.493 e. The molecule has 0 aliphatic rings. The lowest BCUT2D eigenvalue weighted by Crippen LogP contribution is -2.46. The third-order valence-corrected chi connectivity index (χ3v) is 5.22. The zero-order valence-electron chi connectivity index (χ0n) is 18.5. The first-order valence-electron chi connectivity index (χ1n) is 10.1. The quantitative estimate of drug-likeness (QED) is 0.268. The molecule has 33 heavy (non-hydrogen) atoms. The molecule has 0 bridgehead atoms. The Hall–Kier alpha value is -3.02. The Morgan fingerprint density at radius 2 is 1.97 bits per heavy atom. The predicted molar refractivity (Wildman–Crippen MR) is 133 cm³/mol. The van der Waals surface area contributed by atoms with Crippen LogP contribution in [-0.2, 0) is 4.79 Å². The van der Waals surface area contributed by atoms with Crippen LogP contribution in [0.15, 0.2) is 46.0 Å². The van der Waals surface area contributed by atoms with Gasteiger partial charge in [0.15, 0.2) is 11.5 Å². The highest BCUT2D eigenvalue weighted by molar-refractivity contribution is 9.10. The minimum atomic E-state index is -0.758. The molecular formula is C24H25BrClN3O4. The maximum Gasteiger partial charge on any atom is 0.262 e. The number of nitrogens with zero attached hydrogens (tertiary/aromatic N) is 1. The van der Waals surface area contributed by atoms with Crippen LogP contribution in [0.3, 0.4) is 0 Å². The van der Waals surface area contributed by atoms with Crippen molar-refractivity contribution < 1.29 is 19.1 Å². The molecule has 1 unspecified atom stereocenters. The van der Waals surface area contributed by atoms with Crippen molar-refractivity contribution in [3.63, 3.8) is 0 Å². The highest BCUT2D eigenvalue weighted by atomic mass is 79.9. The van der Waals surface area contributed by atoms with Crippen molar-refractivity contribution >= 4 is 45.6 Å². The molecule has 0 fully saturated rings. The summed E-state index contributed by atoms with van der Waals surface area (Å²) < 4.78 is 11.4. The van der Waals surface area contributed by atoms with Gasteiger partial charge in [0.1, 0.15) is 12.6 Å². The monoisotopic (exact) mass is 533 g/mol. The van der Waals surface area contributed by atoms with Gasteiger partial charge in [0.25, 0.3) is 11.8 Å². The molecule has 1 atom stereocenters. The lowest BCUT2D eigenvalue weighted by atomic mass is 10.0. The number of carbonyl (C=O) groups excluding carboxylic acids is 2. The van der Waals surface area contributed by atoms with E-state index in [-0.39, 0.29) is 18.4 Å². The number of hydrogen-bond donors (Lipinski definition) is 2. The predicted octanol–water partition coefficient (Wildman–Crippen LogP) is 4.42. The number of halogens is 2. The summed E-state index contributed by atoms with van der Waals surface area (Å²) in [5.41, 5.74) is 3.55. The Morgan fingerprint density at radius 1 is 1.27 bits per heavy atom. The minimum absolute atomic E-state index is 0.0947. The molecular weight excluding hydrogens is 510 g/mol. The van der Waals surface area contributed by atoms with Gasteiger partial charge >= 0.3 is 0 Å². The molecule has 2 N–H and O–H groups in total. The molecule has 0 aromatic heterocycles. The molecule has 2 aromatic carbocycles. The van der Waals surface area contributed by atoms with Crippen molar-refractivity contribution in [3.8, 4) is 23.8 Å². The van der Waals surface area contributed by atoms with Crippen LogP contribution in [0.5, 0.6) is 11.5 Å². The van der Waals surface area contributed by atoms with E-state index in [2.05, 4.69) is 37.7 Å². The van der Waals surface area contributed by atoms with Crippen LogP contribution in [-0.4, -0.2) is 37.8 Å². The molecule has 0 spiro atoms. The van der Waals surface area contributed by atoms with Crippen LogP contribution >= 0.6 is 27.5 Å². The van der Waals surface area contributed by atoms with Crippen molar-refractivity contribution in [2.24, 2.45) is 11.0 Å². The molecule has 2 rings (SSSR count). The molecule has 0 aliphatic heterocycles. The zero-order chi connectivity index (χ0) is 24.4. The topological polar surface area (TPSA) is 89.0 Å². The molecule has 0 aliphatic carbocycles. The molecule has 0 saturated heterocycles. The van der Waals surface area contributed by atoms with Gasteiger partial charge in [0.05, 0.1) is 17.8 Å². The van der Waals surface area contributed by atoms with Crippen molar-refractivity contribution in [2.45, 2.75) is 26.3 Å². The summed E-state index contributed by atoms with van der Waals surface area (Å²) in [6.45, 7) is 4.02. The Morgan fingerprint density at radius 3 is 2.58 bits per heavy atom. The van der Waals surface area contributed by atoms with E-state index in [0.717, 1.165) is 0 Å². The van der Waals surface area contributed by atoms with E-state index in [1.54, 1.807) is 36.4 Å². The molecule has 0 saturated carbocycles. The second-order valence-corrected chi connectivity index (χ2v) is 8.71. The maximum atomic E-state index is 12.7. The van der Waals surface area contributed by atoms with Crippen LogP contribution in [0.4, 0.5) is 0 Å². The van der Waals surface area contributed by atoms with E-state index in [1.165, 1.54) is 13.3 Å². The fraction of sp³-hybridized carbons (Fsp3) is 0.292. The van der Waals surface area contributed by atoms with Crippen LogP contribution in [0.25, 0.3) is 0 Å². The normalized spacial score (nSPS) is 11.7. The van der Waals surface area contributed by atoms with Gasteiger partial charge in [-0.15, -0.1) is 6.42 Å². The van der Waals surface area contributed by atoms with E-state index in [4.69, 9.17) is 27.5 Å². The van der Waals surface area contributed by atoms with Crippen molar-refractivity contribution in [3.05, 3.63) is 57.0 Å². The summed E-state index contributed by atoms with van der Waals surface area (Å²) in [6.07, 6.45) is 7.15. The summed E-state index contributed by atoms with van der Waals surface area (Å²) >= 11 is 9.29. The second kappa shape index (κ2) is 12.9. The summed E-state index contributed by atoms with van der Waals surface area (Å²) in [5, 5.41) is 7.31. The van der Waals surface area contributed by atoms with Crippen LogP contribution < -0.4 is 20.2 Å². The van der Waals surface area contributed by atoms with Gasteiger partial charge in [-0.1, -0.05) is 31.4 Å². The number of nitrogens with one attached hydrogen (secondary N) is 2. The van der Waals surface area contributed by atoms with Gasteiger partial charge in [-0.25, -0.2) is 5.43 Å². The highest BCUT2D eigenvalue weighted by Gasteiger charge is 2.22. The van der Waals surface area contributed by atoms with E-state index in [9.17, 15) is 9.59 Å². The van der Waals surface area contributed by atoms with E-state index < -0.39 is 11.9 Å². The number of ether oxygens (including phenoxy) is 2. The first-order valence-corrected chi connectivity index (χ1v) is 11.2. The molecule has 2 amide bonds. The SMILES string of the molecule is C#CCOc1c(Br)cc(/C=N/NC(=O)C(CC(C)C)NC(=O)c2ccc(Cl)cc2)cc1OC. The number of carbonyl (C=O) groups is 2. The Kier molecular flexibility index (Phi) is 10.2. The average molecular weight is 535 g/mol. The molecule has 0 radical (unpaired) electrons. The van der Waals surface area contributed by atoms with Gasteiger partial charge in [-0.3, -0.25) is 9.59 Å². The lowest BCUT2D eigenvalue weighted by Gasteiger charge is -2.19. The summed E-state index contributed by atoms with van der Waals surface area (Å²) in [6, 6.07) is 9.12. The number of benzene rings is 2. The molecule has 2 aromatic rings. The second-order valence-electron chi connectivity index (χ2n) is 7.42. The first kappa shape index (κ1) is 26.2. The van der Waals surface area contributed by atoms with Gasteiger partial charge in [0.2, 0.25) is 0 Å². The average Bonchev–Trinajstić information content (AvgIpc) is 2.77. The molecule has 174 valence electrons. The van der Waals surface area contributed by atoms with Crippen molar-refractivity contribution in [1.29, 1.82) is 0 Å². The first-order chi connectivity index (χ1) is 15.7.